The minimum atomic E-state index is -3.41. The number of ether oxygens (including phenoxy) is 1. The topological polar surface area (TPSA) is 95.9 Å². The van der Waals surface area contributed by atoms with Gasteiger partial charge in [0.25, 0.3) is 10.2 Å². The van der Waals surface area contributed by atoms with Crippen LogP contribution < -0.4 is 4.72 Å². The lowest BCUT2D eigenvalue weighted by molar-refractivity contribution is -0.157. The molecule has 1 aliphatic carbocycles. The summed E-state index contributed by atoms with van der Waals surface area (Å²) in [6, 6.07) is 0.0757. The van der Waals surface area contributed by atoms with Crippen molar-refractivity contribution >= 4 is 16.2 Å². The fraction of sp³-hybridized carbons (Fsp3) is 0.889. The average Bonchev–Trinajstić information content (AvgIpc) is 2.93. The quantitative estimate of drug-likeness (QED) is 0.652. The zero-order chi connectivity index (χ0) is 12.7. The van der Waals surface area contributed by atoms with Crippen molar-refractivity contribution in [3.63, 3.8) is 0 Å². The van der Waals surface area contributed by atoms with Crippen LogP contribution in [0.1, 0.15) is 19.8 Å². The van der Waals surface area contributed by atoms with Gasteiger partial charge in [0, 0.05) is 19.1 Å². The molecule has 98 valence electrons. The van der Waals surface area contributed by atoms with E-state index in [1.165, 1.54) is 4.31 Å². The van der Waals surface area contributed by atoms with E-state index in [2.05, 4.69) is 4.72 Å². The first kappa shape index (κ1) is 12.7. The number of nitrogens with one attached hydrogen (secondary N) is 1. The van der Waals surface area contributed by atoms with E-state index in [1.54, 1.807) is 6.92 Å². The molecule has 1 saturated heterocycles. The summed E-state index contributed by atoms with van der Waals surface area (Å²) < 4.78 is 32.4. The predicted octanol–water partition coefficient (Wildman–Crippen LogP) is -0.841. The number of rotatable bonds is 6. The Morgan fingerprint density at radius 2 is 2.12 bits per heavy atom. The molecule has 1 heterocycles. The van der Waals surface area contributed by atoms with E-state index in [1.807, 2.05) is 0 Å². The number of hydrogen-bond acceptors (Lipinski definition) is 4. The van der Waals surface area contributed by atoms with Gasteiger partial charge in [0.2, 0.25) is 0 Å². The van der Waals surface area contributed by atoms with Crippen molar-refractivity contribution in [3.05, 3.63) is 0 Å². The summed E-state index contributed by atoms with van der Waals surface area (Å²) in [4.78, 5) is 10.3. The van der Waals surface area contributed by atoms with Crippen LogP contribution in [0.4, 0.5) is 0 Å². The Morgan fingerprint density at radius 1 is 1.53 bits per heavy atom. The van der Waals surface area contributed by atoms with Crippen LogP contribution in [-0.4, -0.2) is 55.1 Å². The van der Waals surface area contributed by atoms with Crippen molar-refractivity contribution in [1.82, 2.24) is 9.03 Å². The van der Waals surface area contributed by atoms with E-state index in [0.29, 0.717) is 0 Å². The third-order valence-corrected chi connectivity index (χ3v) is 4.37. The predicted molar refractivity (Wildman–Crippen MR) is 58.6 cm³/mol. The minimum Gasteiger partial charge on any atom is -0.480 e. The fourth-order valence-corrected chi connectivity index (χ4v) is 3.38. The van der Waals surface area contributed by atoms with Crippen LogP contribution in [-0.2, 0) is 19.7 Å². The highest BCUT2D eigenvalue weighted by molar-refractivity contribution is 7.87. The second-order valence-electron chi connectivity index (χ2n) is 4.80. The molecule has 0 aromatic carbocycles. The molecule has 1 aliphatic heterocycles. The summed E-state index contributed by atoms with van der Waals surface area (Å²) in [6.45, 7) is 1.70. The normalized spacial score (nSPS) is 24.3. The summed E-state index contributed by atoms with van der Waals surface area (Å²) >= 11 is 0. The second-order valence-corrected chi connectivity index (χ2v) is 6.50. The van der Waals surface area contributed by atoms with Gasteiger partial charge in [-0.25, -0.2) is 4.79 Å². The van der Waals surface area contributed by atoms with Crippen molar-refractivity contribution in [2.75, 3.05) is 19.7 Å². The molecule has 0 aromatic rings. The lowest BCUT2D eigenvalue weighted by Crippen LogP contribution is -2.65. The molecule has 0 bridgehead atoms. The van der Waals surface area contributed by atoms with Gasteiger partial charge in [-0.05, 0) is 19.8 Å². The van der Waals surface area contributed by atoms with E-state index in [0.717, 1.165) is 12.8 Å². The SMILES string of the molecule is CC1(OCC(=O)O)CN(S(=O)(=O)NC2CC2)C1. The van der Waals surface area contributed by atoms with Crippen molar-refractivity contribution < 1.29 is 23.1 Å². The van der Waals surface area contributed by atoms with Gasteiger partial charge in [-0.2, -0.15) is 17.4 Å². The van der Waals surface area contributed by atoms with Gasteiger partial charge >= 0.3 is 5.97 Å². The molecular weight excluding hydrogens is 248 g/mol. The molecule has 8 heteroatoms. The van der Waals surface area contributed by atoms with Crippen molar-refractivity contribution in [2.45, 2.75) is 31.4 Å². The Morgan fingerprint density at radius 3 is 2.59 bits per heavy atom. The van der Waals surface area contributed by atoms with Gasteiger partial charge < -0.3 is 9.84 Å². The smallest absolute Gasteiger partial charge is 0.329 e. The van der Waals surface area contributed by atoms with E-state index in [9.17, 15) is 13.2 Å². The maximum Gasteiger partial charge on any atom is 0.329 e. The molecule has 7 nitrogen and oxygen atoms in total. The highest BCUT2D eigenvalue weighted by Gasteiger charge is 2.47. The van der Waals surface area contributed by atoms with Crippen LogP contribution in [0.25, 0.3) is 0 Å². The summed E-state index contributed by atoms with van der Waals surface area (Å²) in [5, 5.41) is 8.48. The van der Waals surface area contributed by atoms with Crippen molar-refractivity contribution in [3.8, 4) is 0 Å². The van der Waals surface area contributed by atoms with Gasteiger partial charge in [-0.15, -0.1) is 0 Å². The van der Waals surface area contributed by atoms with E-state index in [-0.39, 0.29) is 19.1 Å². The molecular formula is C9H16N2O5S. The minimum absolute atomic E-state index is 0.0757. The second kappa shape index (κ2) is 4.20. The highest BCUT2D eigenvalue weighted by Crippen LogP contribution is 2.28. The van der Waals surface area contributed by atoms with Gasteiger partial charge in [0.1, 0.15) is 6.61 Å². The number of carboxylic acid groups (broad SMARTS) is 1. The van der Waals surface area contributed by atoms with Gasteiger partial charge in [0.05, 0.1) is 5.60 Å². The molecule has 2 rings (SSSR count). The number of hydrogen-bond donors (Lipinski definition) is 2. The first-order valence-corrected chi connectivity index (χ1v) is 6.88. The fourth-order valence-electron chi connectivity index (χ4n) is 1.68. The van der Waals surface area contributed by atoms with E-state index < -0.39 is 28.4 Å². The van der Waals surface area contributed by atoms with Gasteiger partial charge in [0.15, 0.2) is 0 Å². The molecule has 0 amide bonds. The summed E-state index contributed by atoms with van der Waals surface area (Å²) in [5.74, 6) is -1.05. The lowest BCUT2D eigenvalue weighted by Gasteiger charge is -2.45. The first-order chi connectivity index (χ1) is 7.81. The highest BCUT2D eigenvalue weighted by atomic mass is 32.2. The summed E-state index contributed by atoms with van der Waals surface area (Å²) in [6.07, 6.45) is 1.78. The van der Waals surface area contributed by atoms with Crippen molar-refractivity contribution in [2.24, 2.45) is 0 Å². The van der Waals surface area contributed by atoms with Crippen LogP contribution >= 0.6 is 0 Å². The number of aliphatic carboxylic acids is 1. The van der Waals surface area contributed by atoms with E-state index >= 15 is 0 Å². The molecule has 17 heavy (non-hydrogen) atoms. The molecule has 0 spiro atoms. The average molecular weight is 264 g/mol. The Kier molecular flexibility index (Phi) is 3.15. The number of carboxylic acids is 1. The largest absolute Gasteiger partial charge is 0.480 e. The number of carbonyl (C=O) groups is 1. The monoisotopic (exact) mass is 264 g/mol. The Bertz CT molecular complexity index is 411. The van der Waals surface area contributed by atoms with Crippen LogP contribution in [0.3, 0.4) is 0 Å². The van der Waals surface area contributed by atoms with Crippen LogP contribution in [0.15, 0.2) is 0 Å². The lowest BCUT2D eigenvalue weighted by atomic mass is 10.0. The maximum absolute atomic E-state index is 11.7. The third kappa shape index (κ3) is 3.15. The standard InChI is InChI=1S/C9H16N2O5S/c1-9(16-4-8(12)13)5-11(6-9)17(14,15)10-7-2-3-7/h7,10H,2-6H2,1H3,(H,12,13). The van der Waals surface area contributed by atoms with Crippen LogP contribution in [0.2, 0.25) is 0 Å². The third-order valence-electron chi connectivity index (χ3n) is 2.80. The van der Waals surface area contributed by atoms with Crippen LogP contribution in [0.5, 0.6) is 0 Å². The first-order valence-electron chi connectivity index (χ1n) is 5.44. The van der Waals surface area contributed by atoms with E-state index in [4.69, 9.17) is 9.84 Å². The molecule has 2 N–H and O–H groups in total. The molecule has 2 aliphatic rings. The molecule has 0 atom stereocenters. The molecule has 0 radical (unpaired) electrons. The van der Waals surface area contributed by atoms with Gasteiger partial charge in [-0.1, -0.05) is 0 Å². The Balaban J connectivity index is 1.82. The van der Waals surface area contributed by atoms with Gasteiger partial charge in [-0.3, -0.25) is 0 Å². The van der Waals surface area contributed by atoms with Crippen molar-refractivity contribution in [1.29, 1.82) is 0 Å². The molecule has 1 saturated carbocycles. The molecule has 0 unspecified atom stereocenters. The zero-order valence-corrected chi connectivity index (χ0v) is 10.4. The zero-order valence-electron chi connectivity index (χ0n) is 9.55. The Labute approximate surface area is 99.9 Å². The molecule has 0 aromatic heterocycles. The number of nitrogens with zero attached hydrogens (tertiary/aromatic N) is 1. The summed E-state index contributed by atoms with van der Waals surface area (Å²) in [5.41, 5.74) is -0.684. The Hall–Kier alpha value is -0.700. The summed E-state index contributed by atoms with van der Waals surface area (Å²) in [7, 11) is -3.41. The maximum atomic E-state index is 11.7. The molecule has 2 fully saturated rings. The van der Waals surface area contributed by atoms with Crippen LogP contribution in [0, 0.1) is 0 Å².